The third-order valence-electron chi connectivity index (χ3n) is 6.39. The number of hydrogen-bond acceptors (Lipinski definition) is 6. The molecule has 0 aromatic heterocycles. The quantitative estimate of drug-likeness (QED) is 0.254. The maximum absolute atomic E-state index is 12.9. The summed E-state index contributed by atoms with van der Waals surface area (Å²) < 4.78 is 0. The predicted molar refractivity (Wildman–Crippen MR) is 137 cm³/mol. The molecular formula is C25H47N5O5. The van der Waals surface area contributed by atoms with Gasteiger partial charge in [-0.2, -0.15) is 0 Å². The molecule has 0 rings (SSSR count). The van der Waals surface area contributed by atoms with E-state index in [-0.39, 0.29) is 18.9 Å². The summed E-state index contributed by atoms with van der Waals surface area (Å²) in [5, 5.41) is 12.9. The lowest BCUT2D eigenvalue weighted by atomic mass is 9.97. The van der Waals surface area contributed by atoms with Crippen LogP contribution >= 0.6 is 0 Å². The summed E-state index contributed by atoms with van der Waals surface area (Å²) in [5.41, 5.74) is 5.54. The minimum absolute atomic E-state index is 0.0940. The smallest absolute Gasteiger partial charge is 0.245 e. The number of nitrogens with zero attached hydrogens (tertiary/aromatic N) is 3. The number of carbonyl (C=O) groups excluding carboxylic acids is 4. The van der Waals surface area contributed by atoms with Gasteiger partial charge in [-0.1, -0.05) is 39.8 Å². The molecule has 0 aromatic rings. The molecule has 35 heavy (non-hydrogen) atoms. The summed E-state index contributed by atoms with van der Waals surface area (Å²) in [4.78, 5) is 54.8. The van der Waals surface area contributed by atoms with Crippen molar-refractivity contribution in [2.45, 2.75) is 78.5 Å². The first kappa shape index (κ1) is 32.5. The Labute approximate surface area is 210 Å². The van der Waals surface area contributed by atoms with Gasteiger partial charge >= 0.3 is 0 Å². The number of carbonyl (C=O) groups is 4. The van der Waals surface area contributed by atoms with Crippen molar-refractivity contribution in [1.29, 1.82) is 0 Å². The maximum atomic E-state index is 12.9. The van der Waals surface area contributed by atoms with E-state index in [1.165, 1.54) is 23.9 Å². The average molecular weight is 498 g/mol. The molecule has 0 bridgehead atoms. The van der Waals surface area contributed by atoms with E-state index in [1.807, 2.05) is 39.8 Å². The Morgan fingerprint density at radius 1 is 1.09 bits per heavy atom. The van der Waals surface area contributed by atoms with E-state index in [2.05, 4.69) is 10.2 Å². The molecular weight excluding hydrogens is 450 g/mol. The Morgan fingerprint density at radius 3 is 2.17 bits per heavy atom. The molecule has 0 spiro atoms. The molecule has 4 amide bonds. The van der Waals surface area contributed by atoms with Gasteiger partial charge in [-0.3, -0.25) is 19.2 Å². The van der Waals surface area contributed by atoms with Crippen LogP contribution in [0.1, 0.15) is 60.3 Å². The van der Waals surface area contributed by atoms with E-state index in [9.17, 15) is 24.3 Å². The first-order chi connectivity index (χ1) is 16.4. The zero-order chi connectivity index (χ0) is 27.1. The van der Waals surface area contributed by atoms with E-state index in [0.717, 1.165) is 13.1 Å². The number of likely N-dealkylation sites (N-methyl/N-ethyl adjacent to an activating group) is 2. The fraction of sp³-hybridized carbons (Fsp3) is 0.760. The highest BCUT2D eigenvalue weighted by atomic mass is 16.3. The van der Waals surface area contributed by atoms with Crippen LogP contribution in [0, 0.1) is 5.92 Å². The number of amides is 4. The van der Waals surface area contributed by atoms with Gasteiger partial charge in [0, 0.05) is 20.6 Å². The summed E-state index contributed by atoms with van der Waals surface area (Å²) in [6.07, 6.45) is 4.27. The molecule has 0 saturated carbocycles. The number of rotatable bonds is 17. The fourth-order valence-electron chi connectivity index (χ4n) is 3.69. The minimum Gasteiger partial charge on any atom is -0.392 e. The standard InChI is InChI=1S/C25H47N5O5/c1-8-12-13-18(5)21(31)16-22(32)27-19(9-2)25(35)28(6)17-23(33)29(7)20(24(26)34)14-15-30(10-3)11-4/h8,12,18-21,31H,9-11,13-17H2,1-7H3,(H2,26,34)(H,27,32)/b12-8+/t18-,19+,20+,21+/m1/s1. The van der Waals surface area contributed by atoms with E-state index in [0.29, 0.717) is 25.8 Å². The minimum atomic E-state index is -0.825. The number of hydrogen-bond donors (Lipinski definition) is 3. The molecule has 10 nitrogen and oxygen atoms in total. The molecule has 4 N–H and O–H groups in total. The third kappa shape index (κ3) is 11.7. The van der Waals surface area contributed by atoms with Gasteiger partial charge < -0.3 is 30.9 Å². The summed E-state index contributed by atoms with van der Waals surface area (Å²) in [6.45, 7) is 11.6. The number of aliphatic hydroxyl groups excluding tert-OH is 1. The van der Waals surface area contributed by atoms with Gasteiger partial charge in [-0.15, -0.1) is 0 Å². The van der Waals surface area contributed by atoms with Crippen LogP contribution in [0.25, 0.3) is 0 Å². The van der Waals surface area contributed by atoms with Crippen molar-refractivity contribution < 1.29 is 24.3 Å². The van der Waals surface area contributed by atoms with Crippen molar-refractivity contribution >= 4 is 23.6 Å². The molecule has 0 fully saturated rings. The number of primary amides is 1. The van der Waals surface area contributed by atoms with Gasteiger partial charge in [0.2, 0.25) is 23.6 Å². The Morgan fingerprint density at radius 2 is 1.69 bits per heavy atom. The highest BCUT2D eigenvalue weighted by molar-refractivity contribution is 5.92. The molecule has 0 heterocycles. The van der Waals surface area contributed by atoms with Gasteiger partial charge in [-0.05, 0) is 45.2 Å². The molecule has 4 atom stereocenters. The molecule has 0 aliphatic heterocycles. The summed E-state index contributed by atoms with van der Waals surface area (Å²) in [5.74, 6) is -1.95. The van der Waals surface area contributed by atoms with Crippen molar-refractivity contribution in [2.75, 3.05) is 40.3 Å². The Hall–Kier alpha value is -2.46. The first-order valence-corrected chi connectivity index (χ1v) is 12.5. The van der Waals surface area contributed by atoms with Gasteiger partial charge in [0.1, 0.15) is 12.1 Å². The number of aliphatic hydroxyl groups is 1. The highest BCUT2D eigenvalue weighted by Crippen LogP contribution is 2.13. The number of allylic oxidation sites excluding steroid dienone is 2. The summed E-state index contributed by atoms with van der Waals surface area (Å²) >= 11 is 0. The molecule has 0 saturated heterocycles. The third-order valence-corrected chi connectivity index (χ3v) is 6.39. The van der Waals surface area contributed by atoms with Crippen LogP contribution in [0.3, 0.4) is 0 Å². The normalized spacial score (nSPS) is 14.9. The predicted octanol–water partition coefficient (Wildman–Crippen LogP) is 0.737. The van der Waals surface area contributed by atoms with Crippen LogP contribution in [-0.4, -0.2) is 102 Å². The Kier molecular flexibility index (Phi) is 15.8. The topological polar surface area (TPSA) is 136 Å². The van der Waals surface area contributed by atoms with Gasteiger partial charge in [-0.25, -0.2) is 0 Å². The molecule has 0 unspecified atom stereocenters. The van der Waals surface area contributed by atoms with Gasteiger partial charge in [0.15, 0.2) is 0 Å². The SMILES string of the molecule is C/C=C/C[C@@H](C)[C@@H](O)CC(=O)N[C@@H](CC)C(=O)N(C)CC(=O)N(C)[C@@H](CCN(CC)CC)C(N)=O. The molecule has 0 aliphatic rings. The van der Waals surface area contributed by atoms with Crippen molar-refractivity contribution in [3.8, 4) is 0 Å². The number of nitrogens with one attached hydrogen (secondary N) is 1. The molecule has 202 valence electrons. The van der Waals surface area contributed by atoms with Crippen LogP contribution in [0.5, 0.6) is 0 Å². The average Bonchev–Trinajstić information content (AvgIpc) is 2.82. The maximum Gasteiger partial charge on any atom is 0.245 e. The largest absolute Gasteiger partial charge is 0.392 e. The molecule has 0 radical (unpaired) electrons. The lowest BCUT2D eigenvalue weighted by Gasteiger charge is -2.30. The van der Waals surface area contributed by atoms with Crippen LogP contribution in [0.15, 0.2) is 12.2 Å². The van der Waals surface area contributed by atoms with E-state index < -0.39 is 41.8 Å². The first-order valence-electron chi connectivity index (χ1n) is 12.5. The van der Waals surface area contributed by atoms with Crippen LogP contribution in [-0.2, 0) is 19.2 Å². The second-order valence-corrected chi connectivity index (χ2v) is 9.01. The summed E-state index contributed by atoms with van der Waals surface area (Å²) in [7, 11) is 2.99. The second kappa shape index (κ2) is 17.0. The van der Waals surface area contributed by atoms with Crippen molar-refractivity contribution in [1.82, 2.24) is 20.0 Å². The fourth-order valence-corrected chi connectivity index (χ4v) is 3.69. The molecule has 0 aliphatic carbocycles. The monoisotopic (exact) mass is 497 g/mol. The van der Waals surface area contributed by atoms with Crippen LogP contribution in [0.4, 0.5) is 0 Å². The lowest BCUT2D eigenvalue weighted by molar-refractivity contribution is -0.144. The van der Waals surface area contributed by atoms with Crippen LogP contribution < -0.4 is 11.1 Å². The molecule has 10 heteroatoms. The number of nitrogens with two attached hydrogens (primary N) is 1. The lowest BCUT2D eigenvalue weighted by Crippen LogP contribution is -2.53. The van der Waals surface area contributed by atoms with Gasteiger partial charge in [0.05, 0.1) is 19.1 Å². The van der Waals surface area contributed by atoms with Crippen molar-refractivity contribution in [3.63, 3.8) is 0 Å². The van der Waals surface area contributed by atoms with Crippen LogP contribution in [0.2, 0.25) is 0 Å². The molecule has 0 aromatic carbocycles. The van der Waals surface area contributed by atoms with E-state index >= 15 is 0 Å². The van der Waals surface area contributed by atoms with Gasteiger partial charge in [0.25, 0.3) is 0 Å². The van der Waals surface area contributed by atoms with E-state index in [1.54, 1.807) is 6.92 Å². The summed E-state index contributed by atoms with van der Waals surface area (Å²) in [6, 6.07) is -1.60. The zero-order valence-electron chi connectivity index (χ0n) is 22.6. The van der Waals surface area contributed by atoms with Crippen molar-refractivity contribution in [3.05, 3.63) is 12.2 Å². The van der Waals surface area contributed by atoms with Crippen molar-refractivity contribution in [2.24, 2.45) is 11.7 Å². The zero-order valence-corrected chi connectivity index (χ0v) is 22.6. The highest BCUT2D eigenvalue weighted by Gasteiger charge is 2.29. The van der Waals surface area contributed by atoms with E-state index in [4.69, 9.17) is 5.73 Å². The Bertz CT molecular complexity index is 710. The second-order valence-electron chi connectivity index (χ2n) is 9.01. The Balaban J connectivity index is 5.01.